The van der Waals surface area contributed by atoms with E-state index in [1.54, 1.807) is 0 Å². The SMILES string of the molecule is CCC1C(CCC(=O)Cc2ccc3c(c2)OCCO3)=NN=C1COc1ccccc1. The van der Waals surface area contributed by atoms with E-state index in [0.29, 0.717) is 44.8 Å². The quantitative estimate of drug-likeness (QED) is 0.624. The van der Waals surface area contributed by atoms with E-state index in [1.165, 1.54) is 0 Å². The number of para-hydroxylation sites is 1. The molecule has 0 saturated heterocycles. The Morgan fingerprint density at radius 1 is 1.03 bits per heavy atom. The van der Waals surface area contributed by atoms with Crippen LogP contribution in [0.15, 0.2) is 58.7 Å². The molecule has 156 valence electrons. The van der Waals surface area contributed by atoms with Gasteiger partial charge < -0.3 is 14.2 Å². The van der Waals surface area contributed by atoms with E-state index in [-0.39, 0.29) is 11.7 Å². The van der Waals surface area contributed by atoms with Crippen molar-refractivity contribution in [1.82, 2.24) is 0 Å². The van der Waals surface area contributed by atoms with E-state index in [0.717, 1.165) is 34.9 Å². The van der Waals surface area contributed by atoms with Crippen molar-refractivity contribution in [2.24, 2.45) is 16.1 Å². The maximum atomic E-state index is 12.5. The molecule has 1 atom stereocenters. The van der Waals surface area contributed by atoms with Crippen LogP contribution in [0.5, 0.6) is 17.2 Å². The Bertz CT molecular complexity index is 953. The third-order valence-corrected chi connectivity index (χ3v) is 5.32. The molecule has 0 radical (unpaired) electrons. The maximum Gasteiger partial charge on any atom is 0.161 e. The average Bonchev–Trinajstić information content (AvgIpc) is 3.18. The monoisotopic (exact) mass is 406 g/mol. The number of rotatable bonds is 9. The van der Waals surface area contributed by atoms with Crippen LogP contribution in [0.3, 0.4) is 0 Å². The molecule has 2 aromatic rings. The second kappa shape index (κ2) is 9.57. The predicted octanol–water partition coefficient (Wildman–Crippen LogP) is 4.27. The molecule has 0 saturated carbocycles. The highest BCUT2D eigenvalue weighted by atomic mass is 16.6. The lowest BCUT2D eigenvalue weighted by atomic mass is 9.91. The van der Waals surface area contributed by atoms with Gasteiger partial charge in [0, 0.05) is 24.5 Å². The number of benzene rings is 2. The average molecular weight is 406 g/mol. The van der Waals surface area contributed by atoms with Gasteiger partial charge >= 0.3 is 0 Å². The van der Waals surface area contributed by atoms with Crippen LogP contribution in [-0.2, 0) is 11.2 Å². The first-order valence-corrected chi connectivity index (χ1v) is 10.4. The summed E-state index contributed by atoms with van der Waals surface area (Å²) in [5, 5.41) is 8.69. The lowest BCUT2D eigenvalue weighted by Crippen LogP contribution is -2.25. The van der Waals surface area contributed by atoms with Gasteiger partial charge in [-0.05, 0) is 42.7 Å². The molecule has 30 heavy (non-hydrogen) atoms. The summed E-state index contributed by atoms with van der Waals surface area (Å²) in [5.41, 5.74) is 2.84. The van der Waals surface area contributed by atoms with Crippen LogP contribution in [0.4, 0.5) is 0 Å². The minimum Gasteiger partial charge on any atom is -0.488 e. The van der Waals surface area contributed by atoms with Gasteiger partial charge in [0.1, 0.15) is 31.4 Å². The smallest absolute Gasteiger partial charge is 0.161 e. The van der Waals surface area contributed by atoms with Gasteiger partial charge in [0.15, 0.2) is 11.5 Å². The molecule has 2 aliphatic heterocycles. The number of ketones is 1. The number of ether oxygens (including phenoxy) is 3. The van der Waals surface area contributed by atoms with Crippen LogP contribution in [-0.4, -0.2) is 37.0 Å². The standard InChI is InChI=1S/C24H26N2O4/c1-2-20-21(25-26-22(20)16-30-19-6-4-3-5-7-19)10-9-18(27)14-17-8-11-23-24(15-17)29-13-12-28-23/h3-8,11,15,20H,2,9-10,12-14,16H2,1H3. The van der Waals surface area contributed by atoms with E-state index in [2.05, 4.69) is 17.1 Å². The highest BCUT2D eigenvalue weighted by molar-refractivity contribution is 6.11. The summed E-state index contributed by atoms with van der Waals surface area (Å²) in [7, 11) is 0. The van der Waals surface area contributed by atoms with Gasteiger partial charge in [0.25, 0.3) is 0 Å². The number of hydrogen-bond donors (Lipinski definition) is 0. The van der Waals surface area contributed by atoms with Crippen molar-refractivity contribution in [2.45, 2.75) is 32.6 Å². The Hall–Kier alpha value is -3.15. The zero-order valence-corrected chi connectivity index (χ0v) is 17.2. The highest BCUT2D eigenvalue weighted by Gasteiger charge is 2.26. The van der Waals surface area contributed by atoms with Gasteiger partial charge in [-0.25, -0.2) is 0 Å². The van der Waals surface area contributed by atoms with Crippen molar-refractivity contribution in [2.75, 3.05) is 19.8 Å². The number of hydrogen-bond acceptors (Lipinski definition) is 6. The van der Waals surface area contributed by atoms with Crippen LogP contribution in [0.25, 0.3) is 0 Å². The zero-order valence-electron chi connectivity index (χ0n) is 17.2. The number of fused-ring (bicyclic) bond motifs is 1. The summed E-state index contributed by atoms with van der Waals surface area (Å²) in [6, 6.07) is 15.4. The topological polar surface area (TPSA) is 69.5 Å². The molecule has 6 nitrogen and oxygen atoms in total. The lowest BCUT2D eigenvalue weighted by Gasteiger charge is -2.18. The molecule has 0 spiro atoms. The van der Waals surface area contributed by atoms with Gasteiger partial charge in [-0.1, -0.05) is 31.2 Å². The largest absolute Gasteiger partial charge is 0.488 e. The van der Waals surface area contributed by atoms with E-state index in [1.807, 2.05) is 48.5 Å². The third-order valence-electron chi connectivity index (χ3n) is 5.32. The molecule has 1 unspecified atom stereocenters. The van der Waals surface area contributed by atoms with Crippen molar-refractivity contribution >= 4 is 17.2 Å². The number of carbonyl (C=O) groups excluding carboxylic acids is 1. The first-order chi connectivity index (χ1) is 14.7. The van der Waals surface area contributed by atoms with Crippen LogP contribution >= 0.6 is 0 Å². The van der Waals surface area contributed by atoms with E-state index < -0.39 is 0 Å². The van der Waals surface area contributed by atoms with Crippen molar-refractivity contribution < 1.29 is 19.0 Å². The molecule has 0 fully saturated rings. The molecule has 4 rings (SSSR count). The summed E-state index contributed by atoms with van der Waals surface area (Å²) in [6.07, 6.45) is 2.35. The van der Waals surface area contributed by atoms with E-state index in [4.69, 9.17) is 14.2 Å². The second-order valence-corrected chi connectivity index (χ2v) is 7.44. The number of Topliss-reactive ketones (excluding diaryl/α,β-unsaturated/α-hetero) is 1. The summed E-state index contributed by atoms with van der Waals surface area (Å²) in [5.74, 6) is 2.60. The van der Waals surface area contributed by atoms with Crippen molar-refractivity contribution in [1.29, 1.82) is 0 Å². The Kier molecular flexibility index (Phi) is 6.42. The fourth-order valence-corrected chi connectivity index (χ4v) is 3.74. The van der Waals surface area contributed by atoms with Crippen LogP contribution < -0.4 is 14.2 Å². The molecular formula is C24H26N2O4. The van der Waals surface area contributed by atoms with Gasteiger partial charge in [-0.15, -0.1) is 0 Å². The Labute approximate surface area is 176 Å². The van der Waals surface area contributed by atoms with Gasteiger partial charge in [0.05, 0.1) is 5.71 Å². The highest BCUT2D eigenvalue weighted by Crippen LogP contribution is 2.31. The maximum absolute atomic E-state index is 12.5. The molecule has 6 heteroatoms. The third kappa shape index (κ3) is 4.87. The Morgan fingerprint density at radius 2 is 1.80 bits per heavy atom. The first kappa shape index (κ1) is 20.1. The molecule has 0 amide bonds. The van der Waals surface area contributed by atoms with Crippen molar-refractivity contribution in [3.8, 4) is 17.2 Å². The minimum absolute atomic E-state index is 0.149. The van der Waals surface area contributed by atoms with Crippen molar-refractivity contribution in [3.63, 3.8) is 0 Å². The number of nitrogens with zero attached hydrogens (tertiary/aromatic N) is 2. The number of carbonyl (C=O) groups is 1. The summed E-state index contributed by atoms with van der Waals surface area (Å²) >= 11 is 0. The van der Waals surface area contributed by atoms with Crippen LogP contribution in [0.2, 0.25) is 0 Å². The summed E-state index contributed by atoms with van der Waals surface area (Å²) < 4.78 is 17.0. The first-order valence-electron chi connectivity index (χ1n) is 10.4. The normalized spacial score (nSPS) is 17.3. The van der Waals surface area contributed by atoms with Crippen molar-refractivity contribution in [3.05, 3.63) is 54.1 Å². The minimum atomic E-state index is 0.149. The second-order valence-electron chi connectivity index (χ2n) is 7.44. The molecule has 2 heterocycles. The Balaban J connectivity index is 1.26. The zero-order chi connectivity index (χ0) is 20.8. The Morgan fingerprint density at radius 3 is 2.60 bits per heavy atom. The summed E-state index contributed by atoms with van der Waals surface area (Å²) in [6.45, 7) is 3.63. The van der Waals surface area contributed by atoms with Crippen LogP contribution in [0, 0.1) is 5.92 Å². The molecule has 0 aromatic heterocycles. The molecule has 0 bridgehead atoms. The molecule has 2 aromatic carbocycles. The van der Waals surface area contributed by atoms with Gasteiger partial charge in [-0.2, -0.15) is 10.2 Å². The van der Waals surface area contributed by atoms with E-state index in [9.17, 15) is 4.79 Å². The molecule has 0 N–H and O–H groups in total. The van der Waals surface area contributed by atoms with Gasteiger partial charge in [0.2, 0.25) is 0 Å². The molecule has 0 aliphatic carbocycles. The van der Waals surface area contributed by atoms with Crippen LogP contribution in [0.1, 0.15) is 31.7 Å². The molecular weight excluding hydrogens is 380 g/mol. The molecule has 2 aliphatic rings. The lowest BCUT2D eigenvalue weighted by molar-refractivity contribution is -0.118. The predicted molar refractivity (Wildman–Crippen MR) is 116 cm³/mol. The fourth-order valence-electron chi connectivity index (χ4n) is 3.74. The van der Waals surface area contributed by atoms with Gasteiger partial charge in [-0.3, -0.25) is 4.79 Å². The van der Waals surface area contributed by atoms with E-state index >= 15 is 0 Å². The summed E-state index contributed by atoms with van der Waals surface area (Å²) in [4.78, 5) is 12.5. The fraction of sp³-hybridized carbons (Fsp3) is 0.375.